The van der Waals surface area contributed by atoms with Gasteiger partial charge >= 0.3 is 17.9 Å². The minimum Gasteiger partial charge on any atom is -0.462 e. The first-order chi connectivity index (χ1) is 34.5. The Bertz CT molecular complexity index is 1220. The van der Waals surface area contributed by atoms with E-state index in [-0.39, 0.29) is 31.1 Å². The van der Waals surface area contributed by atoms with Crippen LogP contribution in [0.3, 0.4) is 0 Å². The molecule has 70 heavy (non-hydrogen) atoms. The molecule has 0 N–H and O–H groups in total. The van der Waals surface area contributed by atoms with Gasteiger partial charge in [0.1, 0.15) is 13.2 Å². The molecule has 0 bridgehead atoms. The number of allylic oxidation sites excluding steroid dienone is 8. The molecule has 0 heterocycles. The molecular weight excluding hydrogens is 865 g/mol. The van der Waals surface area contributed by atoms with Crippen molar-refractivity contribution in [2.24, 2.45) is 0 Å². The van der Waals surface area contributed by atoms with E-state index in [0.29, 0.717) is 19.3 Å². The van der Waals surface area contributed by atoms with Gasteiger partial charge in [-0.05, 0) is 77.0 Å². The lowest BCUT2D eigenvalue weighted by molar-refractivity contribution is -0.167. The molecular formula is C64H116O6. The van der Waals surface area contributed by atoms with Crippen LogP contribution in [0, 0.1) is 0 Å². The molecule has 0 rings (SSSR count). The highest BCUT2D eigenvalue weighted by Gasteiger charge is 2.19. The van der Waals surface area contributed by atoms with Gasteiger partial charge in [0.2, 0.25) is 0 Å². The van der Waals surface area contributed by atoms with Crippen LogP contribution in [0.2, 0.25) is 0 Å². The topological polar surface area (TPSA) is 78.9 Å². The summed E-state index contributed by atoms with van der Waals surface area (Å²) in [5.41, 5.74) is 0. The fraction of sp³-hybridized carbons (Fsp3) is 0.828. The smallest absolute Gasteiger partial charge is 0.306 e. The van der Waals surface area contributed by atoms with Crippen molar-refractivity contribution in [3.63, 3.8) is 0 Å². The maximum atomic E-state index is 12.9. The molecule has 0 fully saturated rings. The number of hydrogen-bond donors (Lipinski definition) is 0. The van der Waals surface area contributed by atoms with Crippen molar-refractivity contribution in [2.75, 3.05) is 13.2 Å². The fourth-order valence-electron chi connectivity index (χ4n) is 8.90. The van der Waals surface area contributed by atoms with Gasteiger partial charge in [0.25, 0.3) is 0 Å². The maximum absolute atomic E-state index is 12.9. The van der Waals surface area contributed by atoms with Crippen LogP contribution in [0.1, 0.15) is 323 Å². The molecule has 0 spiro atoms. The van der Waals surface area contributed by atoms with E-state index in [9.17, 15) is 14.4 Å². The van der Waals surface area contributed by atoms with Crippen molar-refractivity contribution in [3.05, 3.63) is 48.6 Å². The maximum Gasteiger partial charge on any atom is 0.306 e. The van der Waals surface area contributed by atoms with Gasteiger partial charge < -0.3 is 14.2 Å². The first-order valence-electron chi connectivity index (χ1n) is 30.6. The lowest BCUT2D eigenvalue weighted by Gasteiger charge is -2.18. The van der Waals surface area contributed by atoms with Crippen LogP contribution in [0.4, 0.5) is 0 Å². The highest BCUT2D eigenvalue weighted by atomic mass is 16.6. The minimum absolute atomic E-state index is 0.0768. The molecule has 1 atom stereocenters. The van der Waals surface area contributed by atoms with Crippen molar-refractivity contribution in [1.29, 1.82) is 0 Å². The van der Waals surface area contributed by atoms with Crippen LogP contribution in [-0.2, 0) is 28.6 Å². The standard InChI is InChI=1S/C64H116O6/c1-4-7-10-13-16-19-22-25-28-30-32-34-36-39-42-45-48-51-54-57-63(66)69-60-61(59-68-62(65)56-53-50-47-44-41-38-27-24-21-18-15-12-9-6-3)70-64(67)58-55-52-49-46-43-40-37-35-33-31-29-26-23-20-17-14-11-8-5-2/h15-16,18-19,24-25,27-28,61H,4-14,17,20-23,26,29-60H2,1-3H3/b18-15+,19-16+,27-24+,28-25+/t61-/m1/s1. The Labute approximate surface area is 435 Å². The number of carbonyl (C=O) groups excluding carboxylic acids is 3. The lowest BCUT2D eigenvalue weighted by Crippen LogP contribution is -2.30. The van der Waals surface area contributed by atoms with Crippen LogP contribution in [-0.4, -0.2) is 37.2 Å². The Kier molecular flexibility index (Phi) is 56.7. The molecule has 0 aliphatic rings. The molecule has 0 aliphatic carbocycles. The van der Waals surface area contributed by atoms with E-state index in [4.69, 9.17) is 14.2 Å². The lowest BCUT2D eigenvalue weighted by atomic mass is 10.0. The highest BCUT2D eigenvalue weighted by Crippen LogP contribution is 2.17. The van der Waals surface area contributed by atoms with Crippen molar-refractivity contribution in [2.45, 2.75) is 329 Å². The van der Waals surface area contributed by atoms with Crippen molar-refractivity contribution in [3.8, 4) is 0 Å². The van der Waals surface area contributed by atoms with E-state index in [1.54, 1.807) is 0 Å². The third-order valence-electron chi connectivity index (χ3n) is 13.6. The Hall–Kier alpha value is -2.63. The number of ether oxygens (including phenoxy) is 3. The van der Waals surface area contributed by atoms with Gasteiger partial charge in [-0.3, -0.25) is 14.4 Å². The third kappa shape index (κ3) is 56.3. The van der Waals surface area contributed by atoms with Crippen LogP contribution in [0.15, 0.2) is 48.6 Å². The first kappa shape index (κ1) is 67.4. The number of esters is 3. The van der Waals surface area contributed by atoms with Gasteiger partial charge in [0.05, 0.1) is 0 Å². The molecule has 0 saturated carbocycles. The summed E-state index contributed by atoms with van der Waals surface area (Å²) in [6.45, 7) is 6.61. The fourth-order valence-corrected chi connectivity index (χ4v) is 8.90. The van der Waals surface area contributed by atoms with E-state index in [0.717, 1.165) is 83.5 Å². The minimum atomic E-state index is -0.779. The van der Waals surface area contributed by atoms with E-state index < -0.39 is 6.10 Å². The van der Waals surface area contributed by atoms with Crippen molar-refractivity contribution < 1.29 is 28.6 Å². The summed E-state index contributed by atoms with van der Waals surface area (Å²) >= 11 is 0. The Morgan fingerprint density at radius 1 is 0.286 bits per heavy atom. The first-order valence-corrected chi connectivity index (χ1v) is 30.6. The monoisotopic (exact) mass is 981 g/mol. The predicted octanol–water partition coefficient (Wildman–Crippen LogP) is 20.6. The number of unbranched alkanes of at least 4 members (excludes halogenated alkanes) is 37. The zero-order chi connectivity index (χ0) is 50.7. The highest BCUT2D eigenvalue weighted by molar-refractivity contribution is 5.71. The second-order valence-electron chi connectivity index (χ2n) is 20.6. The molecule has 0 unspecified atom stereocenters. The Balaban J connectivity index is 4.34. The second kappa shape index (κ2) is 58.9. The third-order valence-corrected chi connectivity index (χ3v) is 13.6. The molecule has 0 aromatic rings. The Morgan fingerprint density at radius 3 is 0.857 bits per heavy atom. The average molecular weight is 982 g/mol. The zero-order valence-corrected chi connectivity index (χ0v) is 46.8. The summed E-state index contributed by atoms with van der Waals surface area (Å²) in [5.74, 6) is -0.876. The van der Waals surface area contributed by atoms with Gasteiger partial charge in [-0.15, -0.1) is 0 Å². The summed E-state index contributed by atoms with van der Waals surface area (Å²) in [7, 11) is 0. The molecule has 0 aliphatic heterocycles. The summed E-state index contributed by atoms with van der Waals surface area (Å²) in [6.07, 6.45) is 72.5. The number of rotatable bonds is 56. The van der Waals surface area contributed by atoms with Gasteiger partial charge in [-0.25, -0.2) is 0 Å². The summed E-state index contributed by atoms with van der Waals surface area (Å²) < 4.78 is 16.9. The molecule has 0 saturated heterocycles. The Morgan fingerprint density at radius 2 is 0.529 bits per heavy atom. The van der Waals surface area contributed by atoms with E-state index in [1.165, 1.54) is 199 Å². The number of hydrogen-bond acceptors (Lipinski definition) is 6. The second-order valence-corrected chi connectivity index (χ2v) is 20.6. The SMILES string of the molecule is CCCC/C=C/C/C=C/CCCCCCCC(=O)OC[C@H](COC(=O)CCCCCCCCCCC/C=C/C/C=C/CCCCC)OC(=O)CCCCCCCCCCCCCCCCCCCCC. The average Bonchev–Trinajstić information content (AvgIpc) is 3.36. The molecule has 0 radical (unpaired) electrons. The molecule has 6 nitrogen and oxygen atoms in total. The van der Waals surface area contributed by atoms with Gasteiger partial charge in [-0.2, -0.15) is 0 Å². The normalized spacial score (nSPS) is 12.3. The van der Waals surface area contributed by atoms with E-state index >= 15 is 0 Å². The number of carbonyl (C=O) groups is 3. The van der Waals surface area contributed by atoms with E-state index in [1.807, 2.05) is 0 Å². The van der Waals surface area contributed by atoms with Crippen LogP contribution < -0.4 is 0 Å². The molecule has 0 aromatic carbocycles. The van der Waals surface area contributed by atoms with Crippen molar-refractivity contribution in [1.82, 2.24) is 0 Å². The van der Waals surface area contributed by atoms with Gasteiger partial charge in [-0.1, -0.05) is 275 Å². The molecule has 408 valence electrons. The summed E-state index contributed by atoms with van der Waals surface area (Å²) in [4.78, 5) is 38.2. The molecule has 0 amide bonds. The van der Waals surface area contributed by atoms with Crippen LogP contribution in [0.5, 0.6) is 0 Å². The van der Waals surface area contributed by atoms with Crippen molar-refractivity contribution >= 4 is 17.9 Å². The quantitative estimate of drug-likeness (QED) is 0.0261. The van der Waals surface area contributed by atoms with Crippen LogP contribution in [0.25, 0.3) is 0 Å². The largest absolute Gasteiger partial charge is 0.462 e. The van der Waals surface area contributed by atoms with E-state index in [2.05, 4.69) is 69.4 Å². The summed E-state index contributed by atoms with van der Waals surface area (Å²) in [5, 5.41) is 0. The molecule has 6 heteroatoms. The molecule has 0 aromatic heterocycles. The van der Waals surface area contributed by atoms with Crippen LogP contribution >= 0.6 is 0 Å². The van der Waals surface area contributed by atoms with Gasteiger partial charge in [0.15, 0.2) is 6.10 Å². The summed E-state index contributed by atoms with van der Waals surface area (Å²) in [6, 6.07) is 0. The zero-order valence-electron chi connectivity index (χ0n) is 46.8. The van der Waals surface area contributed by atoms with Gasteiger partial charge in [0, 0.05) is 19.3 Å². The predicted molar refractivity (Wildman–Crippen MR) is 302 cm³/mol.